The van der Waals surface area contributed by atoms with Crippen molar-refractivity contribution >= 4 is 5.78 Å². The van der Waals surface area contributed by atoms with Crippen LogP contribution >= 0.6 is 0 Å². The van der Waals surface area contributed by atoms with Crippen LogP contribution in [0.5, 0.6) is 0 Å². The predicted octanol–water partition coefficient (Wildman–Crippen LogP) is 2.84. The highest BCUT2D eigenvalue weighted by atomic mass is 19.1. The number of halogens is 1. The van der Waals surface area contributed by atoms with E-state index in [0.717, 1.165) is 25.5 Å². The molecule has 15 heavy (non-hydrogen) atoms. The van der Waals surface area contributed by atoms with Gasteiger partial charge in [-0.25, -0.2) is 4.39 Å². The highest BCUT2D eigenvalue weighted by Crippen LogP contribution is 2.32. The second-order valence-corrected chi connectivity index (χ2v) is 4.33. The van der Waals surface area contributed by atoms with Crippen LogP contribution in [0.2, 0.25) is 0 Å². The molecule has 2 nitrogen and oxygen atoms in total. The zero-order valence-corrected chi connectivity index (χ0v) is 8.74. The number of hydrogen-bond acceptors (Lipinski definition) is 2. The molecule has 1 aromatic rings. The van der Waals surface area contributed by atoms with E-state index in [1.807, 2.05) is 0 Å². The lowest BCUT2D eigenvalue weighted by atomic mass is 9.96. The van der Waals surface area contributed by atoms with Crippen molar-refractivity contribution in [3.8, 4) is 0 Å². The van der Waals surface area contributed by atoms with Gasteiger partial charge in [0.15, 0.2) is 11.6 Å². The van der Waals surface area contributed by atoms with Crippen LogP contribution in [0.15, 0.2) is 18.5 Å². The van der Waals surface area contributed by atoms with Crippen LogP contribution in [-0.4, -0.2) is 10.8 Å². The molecule has 0 N–H and O–H groups in total. The van der Waals surface area contributed by atoms with E-state index in [2.05, 4.69) is 11.9 Å². The Labute approximate surface area is 88.5 Å². The summed E-state index contributed by atoms with van der Waals surface area (Å²) in [6.45, 7) is 2.14. The Morgan fingerprint density at radius 2 is 2.33 bits per heavy atom. The van der Waals surface area contributed by atoms with Crippen LogP contribution in [0.25, 0.3) is 0 Å². The lowest BCUT2D eigenvalue weighted by Crippen LogP contribution is -2.13. The molecule has 1 fully saturated rings. The van der Waals surface area contributed by atoms with Crippen LogP contribution in [0, 0.1) is 17.7 Å². The average Bonchev–Trinajstić information content (AvgIpc) is 2.65. The Bertz CT molecular complexity index is 378. The van der Waals surface area contributed by atoms with Gasteiger partial charge < -0.3 is 0 Å². The third kappa shape index (κ3) is 2.06. The first kappa shape index (κ1) is 10.3. The van der Waals surface area contributed by atoms with Crippen LogP contribution in [0.4, 0.5) is 4.39 Å². The minimum atomic E-state index is -0.498. The molecule has 0 amide bonds. The summed E-state index contributed by atoms with van der Waals surface area (Å²) in [5.41, 5.74) is 0.198. The number of carbonyl (C=O) groups excluding carboxylic acids is 1. The topological polar surface area (TPSA) is 30.0 Å². The highest BCUT2D eigenvalue weighted by molar-refractivity contribution is 5.98. The zero-order valence-electron chi connectivity index (χ0n) is 8.74. The molecule has 1 aliphatic rings. The van der Waals surface area contributed by atoms with Gasteiger partial charge in [-0.1, -0.05) is 6.92 Å². The maximum atomic E-state index is 13.3. The van der Waals surface area contributed by atoms with Gasteiger partial charge in [0, 0.05) is 12.1 Å². The SMILES string of the molecule is CC1CCC(C(=O)c2ccncc2F)C1. The molecule has 1 heterocycles. The van der Waals surface area contributed by atoms with E-state index in [9.17, 15) is 9.18 Å². The van der Waals surface area contributed by atoms with E-state index in [-0.39, 0.29) is 17.3 Å². The number of ketones is 1. The Kier molecular flexibility index (Phi) is 2.80. The molecule has 0 aliphatic heterocycles. The van der Waals surface area contributed by atoms with Gasteiger partial charge in [0.25, 0.3) is 0 Å². The van der Waals surface area contributed by atoms with Gasteiger partial charge in [0.2, 0.25) is 0 Å². The Morgan fingerprint density at radius 3 is 2.93 bits per heavy atom. The number of Topliss-reactive ketones (excluding diaryl/α,β-unsaturated/α-hetero) is 1. The summed E-state index contributed by atoms with van der Waals surface area (Å²) in [4.78, 5) is 15.6. The van der Waals surface area contributed by atoms with Crippen molar-refractivity contribution in [2.24, 2.45) is 11.8 Å². The average molecular weight is 207 g/mol. The minimum absolute atomic E-state index is 0.0110. The summed E-state index contributed by atoms with van der Waals surface area (Å²) in [6.07, 6.45) is 5.42. The molecule has 80 valence electrons. The summed E-state index contributed by atoms with van der Waals surface area (Å²) in [5, 5.41) is 0. The van der Waals surface area contributed by atoms with Crippen molar-refractivity contribution in [3.63, 3.8) is 0 Å². The summed E-state index contributed by atoms with van der Waals surface area (Å²) >= 11 is 0. The molecule has 0 saturated heterocycles. The fourth-order valence-electron chi connectivity index (χ4n) is 2.24. The second-order valence-electron chi connectivity index (χ2n) is 4.33. The van der Waals surface area contributed by atoms with Gasteiger partial charge >= 0.3 is 0 Å². The van der Waals surface area contributed by atoms with E-state index < -0.39 is 5.82 Å². The van der Waals surface area contributed by atoms with E-state index in [1.54, 1.807) is 0 Å². The zero-order chi connectivity index (χ0) is 10.8. The van der Waals surface area contributed by atoms with Gasteiger partial charge in [0.05, 0.1) is 11.8 Å². The Morgan fingerprint density at radius 1 is 1.53 bits per heavy atom. The van der Waals surface area contributed by atoms with E-state index in [1.165, 1.54) is 12.3 Å². The summed E-state index contributed by atoms with van der Waals surface area (Å²) < 4.78 is 13.3. The molecule has 0 spiro atoms. The fraction of sp³-hybridized carbons (Fsp3) is 0.500. The van der Waals surface area contributed by atoms with Crippen LogP contribution in [-0.2, 0) is 0 Å². The smallest absolute Gasteiger partial charge is 0.169 e. The van der Waals surface area contributed by atoms with Crippen molar-refractivity contribution in [2.75, 3.05) is 0 Å². The molecular weight excluding hydrogens is 193 g/mol. The lowest BCUT2D eigenvalue weighted by Gasteiger charge is -2.08. The van der Waals surface area contributed by atoms with Crippen molar-refractivity contribution < 1.29 is 9.18 Å². The van der Waals surface area contributed by atoms with Crippen molar-refractivity contribution in [1.29, 1.82) is 0 Å². The number of nitrogens with zero attached hydrogens (tertiary/aromatic N) is 1. The third-order valence-corrected chi connectivity index (χ3v) is 3.10. The summed E-state index contributed by atoms with van der Waals surface area (Å²) in [7, 11) is 0. The molecule has 2 atom stereocenters. The predicted molar refractivity (Wildman–Crippen MR) is 55.0 cm³/mol. The van der Waals surface area contributed by atoms with Crippen LogP contribution in [0.3, 0.4) is 0 Å². The van der Waals surface area contributed by atoms with Crippen molar-refractivity contribution in [2.45, 2.75) is 26.2 Å². The normalized spacial score (nSPS) is 25.5. The summed E-state index contributed by atoms with van der Waals surface area (Å²) in [6, 6.07) is 1.47. The number of aromatic nitrogens is 1. The number of carbonyl (C=O) groups is 1. The highest BCUT2D eigenvalue weighted by Gasteiger charge is 2.29. The monoisotopic (exact) mass is 207 g/mol. The number of pyridine rings is 1. The first-order valence-electron chi connectivity index (χ1n) is 5.32. The van der Waals surface area contributed by atoms with Gasteiger partial charge in [-0.15, -0.1) is 0 Å². The Hall–Kier alpha value is -1.25. The lowest BCUT2D eigenvalue weighted by molar-refractivity contribution is 0.0916. The Balaban J connectivity index is 2.18. The first-order chi connectivity index (χ1) is 7.18. The number of rotatable bonds is 2. The van der Waals surface area contributed by atoms with Crippen LogP contribution in [0.1, 0.15) is 36.5 Å². The van der Waals surface area contributed by atoms with Crippen molar-refractivity contribution in [1.82, 2.24) is 4.98 Å². The molecule has 3 heteroatoms. The molecule has 2 unspecified atom stereocenters. The standard InChI is InChI=1S/C12H14FNO/c1-8-2-3-9(6-8)12(15)10-4-5-14-7-11(10)13/h4-5,7-9H,2-3,6H2,1H3. The quantitative estimate of drug-likeness (QED) is 0.698. The molecule has 0 bridgehead atoms. The molecule has 0 aromatic carbocycles. The first-order valence-corrected chi connectivity index (χ1v) is 5.32. The van der Waals surface area contributed by atoms with Crippen molar-refractivity contribution in [3.05, 3.63) is 29.8 Å². The van der Waals surface area contributed by atoms with Gasteiger partial charge in [-0.2, -0.15) is 0 Å². The minimum Gasteiger partial charge on any atom is -0.294 e. The third-order valence-electron chi connectivity index (χ3n) is 3.10. The second kappa shape index (κ2) is 4.09. The van der Waals surface area contributed by atoms with E-state index in [0.29, 0.717) is 5.92 Å². The van der Waals surface area contributed by atoms with E-state index >= 15 is 0 Å². The molecule has 1 aromatic heterocycles. The molecule has 1 saturated carbocycles. The van der Waals surface area contributed by atoms with Gasteiger partial charge in [-0.3, -0.25) is 9.78 Å². The molecule has 2 rings (SSSR count). The fourth-order valence-corrected chi connectivity index (χ4v) is 2.24. The molecule has 0 radical (unpaired) electrons. The largest absolute Gasteiger partial charge is 0.294 e. The van der Waals surface area contributed by atoms with Gasteiger partial charge in [-0.05, 0) is 31.2 Å². The maximum Gasteiger partial charge on any atom is 0.169 e. The van der Waals surface area contributed by atoms with Crippen LogP contribution < -0.4 is 0 Å². The molecular formula is C12H14FNO. The number of hydrogen-bond donors (Lipinski definition) is 0. The maximum absolute atomic E-state index is 13.3. The summed E-state index contributed by atoms with van der Waals surface area (Å²) in [5.74, 6) is 0.0436. The van der Waals surface area contributed by atoms with Gasteiger partial charge in [0.1, 0.15) is 0 Å². The van der Waals surface area contributed by atoms with E-state index in [4.69, 9.17) is 0 Å². The molecule has 1 aliphatic carbocycles.